The van der Waals surface area contributed by atoms with Crippen LogP contribution in [0.2, 0.25) is 5.02 Å². The number of hydrogen-bond donors (Lipinski definition) is 3. The highest BCUT2D eigenvalue weighted by atomic mass is 35.5. The number of ether oxygens (including phenoxy) is 3. The molecule has 48 heavy (non-hydrogen) atoms. The van der Waals surface area contributed by atoms with E-state index in [0.717, 1.165) is 5.56 Å². The first-order valence-electron chi connectivity index (χ1n) is 15.7. The largest absolute Gasteiger partial charge is 0.493 e. The van der Waals surface area contributed by atoms with Gasteiger partial charge in [-0.3, -0.25) is 14.3 Å². The second-order valence-corrected chi connectivity index (χ2v) is 12.4. The minimum absolute atomic E-state index is 0.0451. The van der Waals surface area contributed by atoms with E-state index in [-0.39, 0.29) is 41.0 Å². The summed E-state index contributed by atoms with van der Waals surface area (Å²) < 4.78 is 33.0. The number of hydrogen-bond acceptors (Lipinski definition) is 8. The smallest absolute Gasteiger partial charge is 0.261 e. The van der Waals surface area contributed by atoms with Gasteiger partial charge in [0.1, 0.15) is 22.9 Å². The molecule has 0 aliphatic carbocycles. The van der Waals surface area contributed by atoms with Crippen LogP contribution in [0, 0.1) is 5.82 Å². The van der Waals surface area contributed by atoms with Crippen LogP contribution in [0.25, 0.3) is 11.3 Å². The van der Waals surface area contributed by atoms with Gasteiger partial charge in [0.2, 0.25) is 0 Å². The molecule has 2 aromatic heterocycles. The van der Waals surface area contributed by atoms with Crippen LogP contribution in [0.5, 0.6) is 17.2 Å². The van der Waals surface area contributed by atoms with Gasteiger partial charge >= 0.3 is 0 Å². The van der Waals surface area contributed by atoms with E-state index in [2.05, 4.69) is 15.7 Å². The summed E-state index contributed by atoms with van der Waals surface area (Å²) in [5.41, 5.74) is 0.0256. The van der Waals surface area contributed by atoms with Gasteiger partial charge in [-0.15, -0.1) is 0 Å². The predicted octanol–water partition coefficient (Wildman–Crippen LogP) is 5.03. The molecular weight excluding hydrogens is 641 g/mol. The summed E-state index contributed by atoms with van der Waals surface area (Å²) in [6.07, 6.45) is 3.16. The van der Waals surface area contributed by atoms with E-state index in [1.54, 1.807) is 47.4 Å². The van der Waals surface area contributed by atoms with Gasteiger partial charge in [-0.25, -0.2) is 9.37 Å². The van der Waals surface area contributed by atoms with Crippen molar-refractivity contribution >= 4 is 23.4 Å². The van der Waals surface area contributed by atoms with Gasteiger partial charge in [-0.2, -0.15) is 5.10 Å². The topological polar surface area (TPSA) is 137 Å². The van der Waals surface area contributed by atoms with Crippen molar-refractivity contribution in [3.05, 3.63) is 88.6 Å². The van der Waals surface area contributed by atoms with Gasteiger partial charge in [0, 0.05) is 47.5 Å². The van der Waals surface area contributed by atoms with Crippen molar-refractivity contribution in [1.82, 2.24) is 25.4 Å². The Morgan fingerprint density at radius 1 is 1.23 bits per heavy atom. The second kappa shape index (κ2) is 14.2. The van der Waals surface area contributed by atoms with Crippen LogP contribution in [0.15, 0.2) is 60.9 Å². The number of fused-ring (bicyclic) bond motifs is 1. The van der Waals surface area contributed by atoms with Crippen molar-refractivity contribution in [1.29, 1.82) is 0 Å². The maximum atomic E-state index is 14.1. The van der Waals surface area contributed by atoms with Crippen molar-refractivity contribution in [2.75, 3.05) is 26.8 Å². The average molecular weight is 680 g/mol. The highest BCUT2D eigenvalue weighted by molar-refractivity contribution is 6.31. The van der Waals surface area contributed by atoms with Gasteiger partial charge in [0.05, 0.1) is 37.5 Å². The molecule has 2 atom stereocenters. The molecule has 2 amide bonds. The third-order valence-corrected chi connectivity index (χ3v) is 8.46. The second-order valence-electron chi connectivity index (χ2n) is 12.0. The third kappa shape index (κ3) is 7.09. The molecule has 2 aliphatic rings. The van der Waals surface area contributed by atoms with E-state index in [1.807, 2.05) is 27.7 Å². The number of nitrogens with zero attached hydrogens (tertiary/aromatic N) is 3. The molecular formula is C35H39ClFN5O6. The number of rotatable bonds is 10. The minimum atomic E-state index is -1.75. The zero-order valence-electron chi connectivity index (χ0n) is 27.5. The standard InChI is InChI=1S/C33H33ClFN5O6.C2H6/c1-32(2)18-45-29-21(32)15-27(39-28(29)19-5-7-23(35)22(34)13-19)33(43,17-40-12-4-10-38-40)16-37-30(41)20-6-8-24(26(14-20)44-3)46-25-9-11-36-31(25)42;1-2/h4-8,10,12-15,25,43H,9,11,16-18H2,1-3H3,(H,36,42)(H,37,41);1-2H3. The number of aromatic nitrogens is 3. The monoisotopic (exact) mass is 679 g/mol. The van der Waals surface area contributed by atoms with Crippen molar-refractivity contribution in [3.63, 3.8) is 0 Å². The van der Waals surface area contributed by atoms with Crippen LogP contribution < -0.4 is 24.8 Å². The van der Waals surface area contributed by atoms with Gasteiger partial charge in [0.25, 0.3) is 11.8 Å². The molecule has 13 heteroatoms. The Balaban J connectivity index is 0.00000221. The lowest BCUT2D eigenvalue weighted by Gasteiger charge is -2.30. The van der Waals surface area contributed by atoms with Gasteiger partial charge in [-0.05, 0) is 48.5 Å². The molecule has 1 fully saturated rings. The van der Waals surface area contributed by atoms with Gasteiger partial charge < -0.3 is 30.0 Å². The van der Waals surface area contributed by atoms with Crippen LogP contribution in [-0.4, -0.2) is 64.6 Å². The SMILES string of the molecule is CC.COc1cc(C(=O)NCC(O)(Cn2cccn2)c2cc3c(c(-c4ccc(F)c(Cl)c4)n2)OCC3(C)C)ccc1OC1CCNC1=O. The third-order valence-electron chi connectivity index (χ3n) is 8.17. The zero-order chi connectivity index (χ0) is 34.6. The lowest BCUT2D eigenvalue weighted by molar-refractivity contribution is -0.124. The van der Waals surface area contributed by atoms with Gasteiger partial charge in [0.15, 0.2) is 17.6 Å². The lowest BCUT2D eigenvalue weighted by atomic mass is 9.84. The fourth-order valence-electron chi connectivity index (χ4n) is 5.55. The van der Waals surface area contributed by atoms with Gasteiger partial charge in [-0.1, -0.05) is 39.3 Å². The van der Waals surface area contributed by atoms with Crippen LogP contribution in [0.4, 0.5) is 4.39 Å². The Morgan fingerprint density at radius 3 is 2.69 bits per heavy atom. The van der Waals surface area contributed by atoms with E-state index < -0.39 is 28.8 Å². The van der Waals surface area contributed by atoms with E-state index in [0.29, 0.717) is 42.3 Å². The van der Waals surface area contributed by atoms with E-state index >= 15 is 0 Å². The van der Waals surface area contributed by atoms with Crippen molar-refractivity contribution < 1.29 is 33.3 Å². The van der Waals surface area contributed by atoms with Crippen LogP contribution in [0.1, 0.15) is 55.7 Å². The Labute approximate surface area is 283 Å². The number of nitrogens with one attached hydrogen (secondary N) is 2. The molecule has 2 aromatic carbocycles. The first-order valence-corrected chi connectivity index (χ1v) is 16.1. The van der Waals surface area contributed by atoms with E-state index in [9.17, 15) is 19.1 Å². The molecule has 3 N–H and O–H groups in total. The number of halogens is 2. The number of aliphatic hydroxyl groups is 1. The molecule has 4 heterocycles. The molecule has 254 valence electrons. The van der Waals surface area contributed by atoms with Crippen molar-refractivity contribution in [2.24, 2.45) is 0 Å². The molecule has 11 nitrogen and oxygen atoms in total. The van der Waals surface area contributed by atoms with Crippen LogP contribution in [0.3, 0.4) is 0 Å². The normalized spacial score (nSPS) is 17.2. The molecule has 0 spiro atoms. The Bertz CT molecular complexity index is 1800. The maximum Gasteiger partial charge on any atom is 0.261 e. The first kappa shape index (κ1) is 34.6. The zero-order valence-corrected chi connectivity index (χ0v) is 28.2. The Kier molecular flexibility index (Phi) is 10.3. The van der Waals surface area contributed by atoms with Crippen molar-refractivity contribution in [3.8, 4) is 28.5 Å². The molecule has 1 saturated heterocycles. The quantitative estimate of drug-likeness (QED) is 0.212. The van der Waals surface area contributed by atoms with Crippen LogP contribution in [-0.2, 0) is 22.4 Å². The van der Waals surface area contributed by atoms with Crippen LogP contribution >= 0.6 is 11.6 Å². The average Bonchev–Trinajstić information content (AvgIpc) is 3.82. The van der Waals surface area contributed by atoms with Crippen molar-refractivity contribution in [2.45, 2.75) is 57.8 Å². The minimum Gasteiger partial charge on any atom is -0.493 e. The Hall–Kier alpha value is -4.68. The van der Waals surface area contributed by atoms with E-state index in [1.165, 1.54) is 25.3 Å². The molecule has 2 unspecified atom stereocenters. The molecule has 0 radical (unpaired) electrons. The maximum absolute atomic E-state index is 14.1. The summed E-state index contributed by atoms with van der Waals surface area (Å²) >= 11 is 6.13. The summed E-state index contributed by atoms with van der Waals surface area (Å²) in [4.78, 5) is 30.3. The molecule has 6 rings (SSSR count). The number of benzene rings is 2. The molecule has 0 saturated carbocycles. The summed E-state index contributed by atoms with van der Waals surface area (Å²) in [5.74, 6) is -0.135. The van der Waals surface area contributed by atoms with E-state index in [4.69, 9.17) is 30.8 Å². The fourth-order valence-corrected chi connectivity index (χ4v) is 5.73. The summed E-state index contributed by atoms with van der Waals surface area (Å²) in [6, 6.07) is 12.4. The molecule has 4 aromatic rings. The number of pyridine rings is 1. The highest BCUT2D eigenvalue weighted by Crippen LogP contribution is 2.46. The summed E-state index contributed by atoms with van der Waals surface area (Å²) in [7, 11) is 1.44. The Morgan fingerprint density at radius 2 is 2.02 bits per heavy atom. The summed E-state index contributed by atoms with van der Waals surface area (Å²) in [6.45, 7) is 8.63. The number of amides is 2. The number of methoxy groups -OCH3 is 1. The molecule has 2 aliphatic heterocycles. The first-order chi connectivity index (χ1) is 23.0. The predicted molar refractivity (Wildman–Crippen MR) is 178 cm³/mol. The highest BCUT2D eigenvalue weighted by Gasteiger charge is 2.40. The fraction of sp³-hybridized carbons (Fsp3) is 0.371. The number of carbonyl (C=O) groups is 2. The summed E-state index contributed by atoms with van der Waals surface area (Å²) in [5, 5.41) is 22.0. The molecule has 0 bridgehead atoms. The lowest BCUT2D eigenvalue weighted by Crippen LogP contribution is -2.44. The number of carbonyl (C=O) groups excluding carboxylic acids is 2.